The Bertz CT molecular complexity index is 453. The van der Waals surface area contributed by atoms with Crippen molar-refractivity contribution in [1.82, 2.24) is 0 Å². The van der Waals surface area contributed by atoms with Gasteiger partial charge in [-0.25, -0.2) is 0 Å². The Morgan fingerprint density at radius 1 is 1.15 bits per heavy atom. The molecule has 2 aliphatic rings. The number of allylic oxidation sites excluding steroid dienone is 1. The Balaban J connectivity index is 2.26. The van der Waals surface area contributed by atoms with Crippen LogP contribution in [0.5, 0.6) is 0 Å². The van der Waals surface area contributed by atoms with Crippen LogP contribution < -0.4 is 0 Å². The van der Waals surface area contributed by atoms with E-state index in [0.29, 0.717) is 0 Å². The van der Waals surface area contributed by atoms with Crippen LogP contribution in [-0.4, -0.2) is 11.9 Å². The fraction of sp³-hybridized carbons (Fsp3) is 0.0909. The van der Waals surface area contributed by atoms with Crippen LogP contribution in [0.3, 0.4) is 0 Å². The maximum atomic E-state index is 4.53. The summed E-state index contributed by atoms with van der Waals surface area (Å²) < 4.78 is 0. The van der Waals surface area contributed by atoms with Gasteiger partial charge in [-0.05, 0) is 6.07 Å². The molecule has 0 saturated carbocycles. The van der Waals surface area contributed by atoms with Crippen LogP contribution in [0.4, 0.5) is 5.69 Å². The van der Waals surface area contributed by atoms with E-state index in [1.165, 1.54) is 11.1 Å². The van der Waals surface area contributed by atoms with Crippen molar-refractivity contribution in [3.63, 3.8) is 0 Å². The van der Waals surface area contributed by atoms with Crippen LogP contribution in [0.1, 0.15) is 12.0 Å². The third kappa shape index (κ3) is 0.886. The minimum Gasteiger partial charge on any atom is -0.268 e. The van der Waals surface area contributed by atoms with E-state index in [4.69, 9.17) is 0 Å². The SMILES string of the molecule is C1=NC=C2C(=Nc3ccccc32)C1. The average molecular weight is 168 g/mol. The third-order valence-electron chi connectivity index (χ3n) is 2.35. The summed E-state index contributed by atoms with van der Waals surface area (Å²) in [4.78, 5) is 8.68. The molecule has 0 N–H and O–H groups in total. The maximum Gasteiger partial charge on any atom is 0.0712 e. The fourth-order valence-electron chi connectivity index (χ4n) is 1.73. The molecule has 1 aromatic rings. The molecular formula is C11H8N2. The summed E-state index contributed by atoms with van der Waals surface area (Å²) in [6.07, 6.45) is 4.66. The molecule has 62 valence electrons. The molecule has 2 heteroatoms. The Hall–Kier alpha value is -1.70. The Kier molecular flexibility index (Phi) is 1.25. The van der Waals surface area contributed by atoms with E-state index in [1.54, 1.807) is 0 Å². The van der Waals surface area contributed by atoms with Crippen LogP contribution >= 0.6 is 0 Å². The number of benzene rings is 1. The smallest absolute Gasteiger partial charge is 0.0712 e. The number of fused-ring (bicyclic) bond motifs is 3. The van der Waals surface area contributed by atoms with Crippen molar-refractivity contribution in [2.45, 2.75) is 6.42 Å². The van der Waals surface area contributed by atoms with Crippen LogP contribution in [0.2, 0.25) is 0 Å². The van der Waals surface area contributed by atoms with Gasteiger partial charge in [-0.2, -0.15) is 0 Å². The molecule has 3 rings (SSSR count). The monoisotopic (exact) mass is 168 g/mol. The molecule has 2 nitrogen and oxygen atoms in total. The molecule has 0 radical (unpaired) electrons. The van der Waals surface area contributed by atoms with Gasteiger partial charge in [0, 0.05) is 30.0 Å². The molecule has 0 saturated heterocycles. The third-order valence-corrected chi connectivity index (χ3v) is 2.35. The zero-order valence-electron chi connectivity index (χ0n) is 7.07. The van der Waals surface area contributed by atoms with Crippen molar-refractivity contribution in [1.29, 1.82) is 0 Å². The molecule has 0 spiro atoms. The van der Waals surface area contributed by atoms with Gasteiger partial charge in [0.25, 0.3) is 0 Å². The second kappa shape index (κ2) is 2.39. The van der Waals surface area contributed by atoms with Gasteiger partial charge >= 0.3 is 0 Å². The molecule has 0 aliphatic carbocycles. The predicted molar refractivity (Wildman–Crippen MR) is 54.6 cm³/mol. The van der Waals surface area contributed by atoms with Gasteiger partial charge in [0.2, 0.25) is 0 Å². The molecule has 0 atom stereocenters. The summed E-state index contributed by atoms with van der Waals surface area (Å²) in [5.74, 6) is 0. The number of hydrogen-bond acceptors (Lipinski definition) is 2. The van der Waals surface area contributed by atoms with Gasteiger partial charge in [-0.1, -0.05) is 18.2 Å². The summed E-state index contributed by atoms with van der Waals surface area (Å²) in [5.41, 5.74) is 4.64. The molecule has 0 unspecified atom stereocenters. The molecule has 0 amide bonds. The van der Waals surface area contributed by atoms with E-state index in [0.717, 1.165) is 17.8 Å². The first kappa shape index (κ1) is 6.78. The zero-order chi connectivity index (χ0) is 8.67. The van der Waals surface area contributed by atoms with Crippen molar-refractivity contribution in [2.75, 3.05) is 0 Å². The van der Waals surface area contributed by atoms with Gasteiger partial charge < -0.3 is 0 Å². The lowest BCUT2D eigenvalue weighted by Crippen LogP contribution is -2.01. The molecule has 0 fully saturated rings. The lowest BCUT2D eigenvalue weighted by molar-refractivity contribution is 1.48. The van der Waals surface area contributed by atoms with Gasteiger partial charge in [0.15, 0.2) is 0 Å². The summed E-state index contributed by atoms with van der Waals surface area (Å²) in [7, 11) is 0. The number of para-hydroxylation sites is 1. The predicted octanol–water partition coefficient (Wildman–Crippen LogP) is 2.59. The van der Waals surface area contributed by atoms with Crippen LogP contribution in [-0.2, 0) is 0 Å². The van der Waals surface area contributed by atoms with Crippen LogP contribution in [0.25, 0.3) is 5.57 Å². The van der Waals surface area contributed by atoms with Crippen molar-refractivity contribution in [2.24, 2.45) is 9.98 Å². The van der Waals surface area contributed by atoms with E-state index in [9.17, 15) is 0 Å². The highest BCUT2D eigenvalue weighted by atomic mass is 14.8. The largest absolute Gasteiger partial charge is 0.268 e. The summed E-state index contributed by atoms with van der Waals surface area (Å²) >= 11 is 0. The minimum atomic E-state index is 0.862. The molecule has 13 heavy (non-hydrogen) atoms. The van der Waals surface area contributed by atoms with Crippen molar-refractivity contribution in [3.8, 4) is 0 Å². The Labute approximate surface area is 76.3 Å². The van der Waals surface area contributed by atoms with E-state index in [2.05, 4.69) is 16.1 Å². The van der Waals surface area contributed by atoms with Crippen molar-refractivity contribution in [3.05, 3.63) is 36.0 Å². The van der Waals surface area contributed by atoms with E-state index < -0.39 is 0 Å². The van der Waals surface area contributed by atoms with Gasteiger partial charge in [-0.15, -0.1) is 0 Å². The first-order chi connectivity index (χ1) is 6.45. The van der Waals surface area contributed by atoms with E-state index >= 15 is 0 Å². The molecule has 0 aromatic heterocycles. The summed E-state index contributed by atoms with van der Waals surface area (Å²) in [6.45, 7) is 0. The number of hydrogen-bond donors (Lipinski definition) is 0. The van der Waals surface area contributed by atoms with Crippen molar-refractivity contribution >= 4 is 23.2 Å². The molecule has 1 aromatic carbocycles. The fourth-order valence-corrected chi connectivity index (χ4v) is 1.73. The second-order valence-electron chi connectivity index (χ2n) is 3.15. The first-order valence-corrected chi connectivity index (χ1v) is 4.34. The Morgan fingerprint density at radius 2 is 2.08 bits per heavy atom. The zero-order valence-corrected chi connectivity index (χ0v) is 7.07. The van der Waals surface area contributed by atoms with Gasteiger partial charge in [-0.3, -0.25) is 9.98 Å². The minimum absolute atomic E-state index is 0.862. The molecule has 2 heterocycles. The standard InChI is InChI=1S/C11H8N2/c1-2-4-10-8(3-1)9-7-12-6-5-11(9)13-10/h1-4,6-7H,5H2. The average Bonchev–Trinajstić information content (AvgIpc) is 2.56. The van der Waals surface area contributed by atoms with Gasteiger partial charge in [0.1, 0.15) is 0 Å². The first-order valence-electron chi connectivity index (χ1n) is 4.34. The molecular weight excluding hydrogens is 160 g/mol. The maximum absolute atomic E-state index is 4.53. The Morgan fingerprint density at radius 3 is 3.08 bits per heavy atom. The van der Waals surface area contributed by atoms with E-state index in [1.807, 2.05) is 30.6 Å². The lowest BCUT2D eigenvalue weighted by Gasteiger charge is -2.03. The normalized spacial score (nSPS) is 17.5. The van der Waals surface area contributed by atoms with Crippen LogP contribution in [0.15, 0.2) is 40.5 Å². The molecule has 0 bridgehead atoms. The summed E-state index contributed by atoms with van der Waals surface area (Å²) in [5, 5.41) is 0. The van der Waals surface area contributed by atoms with Crippen LogP contribution in [0, 0.1) is 0 Å². The highest BCUT2D eigenvalue weighted by Gasteiger charge is 2.20. The summed E-state index contributed by atoms with van der Waals surface area (Å²) in [6, 6.07) is 8.19. The highest BCUT2D eigenvalue weighted by Crippen LogP contribution is 2.36. The molecule has 2 aliphatic heterocycles. The van der Waals surface area contributed by atoms with Crippen molar-refractivity contribution < 1.29 is 0 Å². The lowest BCUT2D eigenvalue weighted by atomic mass is 10.0. The number of rotatable bonds is 0. The number of aliphatic imine (C=N–C) groups is 2. The van der Waals surface area contributed by atoms with E-state index in [-0.39, 0.29) is 0 Å². The highest BCUT2D eigenvalue weighted by molar-refractivity contribution is 6.32. The second-order valence-corrected chi connectivity index (χ2v) is 3.15. The van der Waals surface area contributed by atoms with Gasteiger partial charge in [0.05, 0.1) is 11.4 Å². The quantitative estimate of drug-likeness (QED) is 0.568. The topological polar surface area (TPSA) is 24.7 Å². The number of nitrogens with zero attached hydrogens (tertiary/aromatic N) is 2.